The lowest BCUT2D eigenvalue weighted by Gasteiger charge is -2.27. The van der Waals surface area contributed by atoms with Crippen LogP contribution in [0.3, 0.4) is 0 Å². The van der Waals surface area contributed by atoms with E-state index in [0.29, 0.717) is 31.0 Å². The molecule has 7 heteroatoms. The number of likely N-dealkylation sites (tertiary alicyclic amines) is 1. The number of aryl methyl sites for hydroxylation is 3. The number of rotatable bonds is 4. The third-order valence-electron chi connectivity index (χ3n) is 4.97. The van der Waals surface area contributed by atoms with E-state index in [1.807, 2.05) is 39.6 Å². The van der Waals surface area contributed by atoms with Crippen molar-refractivity contribution in [2.24, 2.45) is 0 Å². The molecule has 0 spiro atoms. The maximum Gasteiger partial charge on any atom is 0.276 e. The third kappa shape index (κ3) is 3.23. The van der Waals surface area contributed by atoms with Crippen LogP contribution in [0.2, 0.25) is 0 Å². The minimum absolute atomic E-state index is 0.0479. The lowest BCUT2D eigenvalue weighted by molar-refractivity contribution is 0.0783. The molecule has 2 aromatic heterocycles. The first kappa shape index (κ1) is 17.4. The predicted octanol–water partition coefficient (Wildman–Crippen LogP) is 2.30. The summed E-state index contributed by atoms with van der Waals surface area (Å²) in [5.41, 5.74) is 2.52. The van der Waals surface area contributed by atoms with Crippen LogP contribution in [0.1, 0.15) is 46.7 Å². The van der Waals surface area contributed by atoms with Crippen LogP contribution in [0.5, 0.6) is 0 Å². The molecule has 1 unspecified atom stereocenters. The molecule has 25 heavy (non-hydrogen) atoms. The number of amides is 1. The van der Waals surface area contributed by atoms with Crippen molar-refractivity contribution in [1.29, 1.82) is 0 Å². The van der Waals surface area contributed by atoms with Gasteiger partial charge in [-0.3, -0.25) is 4.79 Å². The summed E-state index contributed by atoms with van der Waals surface area (Å²) in [6, 6.07) is 0.230. The molecule has 1 saturated heterocycles. The predicted molar refractivity (Wildman–Crippen MR) is 94.8 cm³/mol. The fourth-order valence-corrected chi connectivity index (χ4v) is 3.35. The van der Waals surface area contributed by atoms with Crippen LogP contribution in [0.4, 0.5) is 5.82 Å². The van der Waals surface area contributed by atoms with Crippen LogP contribution in [-0.2, 0) is 6.42 Å². The fourth-order valence-electron chi connectivity index (χ4n) is 3.35. The van der Waals surface area contributed by atoms with Gasteiger partial charge in [0.1, 0.15) is 17.4 Å². The molecule has 1 atom stereocenters. The van der Waals surface area contributed by atoms with Crippen molar-refractivity contribution in [3.63, 3.8) is 0 Å². The highest BCUT2D eigenvalue weighted by molar-refractivity contribution is 5.93. The molecule has 3 heterocycles. The van der Waals surface area contributed by atoms with Gasteiger partial charge >= 0.3 is 0 Å². The third-order valence-corrected chi connectivity index (χ3v) is 4.97. The van der Waals surface area contributed by atoms with E-state index in [2.05, 4.69) is 19.9 Å². The van der Waals surface area contributed by atoms with Crippen molar-refractivity contribution in [2.45, 2.75) is 46.6 Å². The Hall–Kier alpha value is -2.44. The number of hydrogen-bond acceptors (Lipinski definition) is 6. The summed E-state index contributed by atoms with van der Waals surface area (Å²) in [4.78, 5) is 29.9. The molecule has 134 valence electrons. The van der Waals surface area contributed by atoms with Crippen molar-refractivity contribution >= 4 is 11.7 Å². The second-order valence-electron chi connectivity index (χ2n) is 6.59. The Labute approximate surface area is 148 Å². The van der Waals surface area contributed by atoms with Crippen LogP contribution < -0.4 is 4.90 Å². The average Bonchev–Trinajstić information content (AvgIpc) is 3.25. The highest BCUT2D eigenvalue weighted by Gasteiger charge is 2.32. The van der Waals surface area contributed by atoms with Crippen molar-refractivity contribution < 1.29 is 9.21 Å². The van der Waals surface area contributed by atoms with Crippen molar-refractivity contribution in [2.75, 3.05) is 25.0 Å². The molecule has 1 aliphatic rings. The van der Waals surface area contributed by atoms with Gasteiger partial charge in [0.15, 0.2) is 12.1 Å². The van der Waals surface area contributed by atoms with Gasteiger partial charge in [-0.2, -0.15) is 0 Å². The number of carbonyl (C=O) groups excluding carboxylic acids is 1. The molecule has 3 rings (SSSR count). The van der Waals surface area contributed by atoms with Gasteiger partial charge in [0, 0.05) is 43.9 Å². The van der Waals surface area contributed by atoms with Crippen LogP contribution in [0, 0.1) is 20.8 Å². The monoisotopic (exact) mass is 343 g/mol. The Bertz CT molecular complexity index is 786. The maximum atomic E-state index is 12.7. The number of carbonyl (C=O) groups is 1. The largest absolute Gasteiger partial charge is 0.448 e. The van der Waals surface area contributed by atoms with Crippen LogP contribution in [0.15, 0.2) is 10.8 Å². The molecular formula is C18H25N5O2. The molecule has 1 amide bonds. The summed E-state index contributed by atoms with van der Waals surface area (Å²) >= 11 is 0. The first-order valence-electron chi connectivity index (χ1n) is 8.68. The zero-order chi connectivity index (χ0) is 18.1. The topological polar surface area (TPSA) is 75.4 Å². The van der Waals surface area contributed by atoms with E-state index in [9.17, 15) is 4.79 Å². The fraction of sp³-hybridized carbons (Fsp3) is 0.556. The molecular weight excluding hydrogens is 318 g/mol. The molecule has 1 aliphatic heterocycles. The van der Waals surface area contributed by atoms with Crippen molar-refractivity contribution in [3.05, 3.63) is 34.9 Å². The van der Waals surface area contributed by atoms with Crippen LogP contribution in [-0.4, -0.2) is 51.9 Å². The first-order valence-corrected chi connectivity index (χ1v) is 8.68. The summed E-state index contributed by atoms with van der Waals surface area (Å²) < 4.78 is 5.29. The number of aromatic nitrogens is 3. The number of nitrogens with zero attached hydrogens (tertiary/aromatic N) is 5. The number of oxazole rings is 1. The van der Waals surface area contributed by atoms with E-state index in [1.165, 1.54) is 6.39 Å². The lowest BCUT2D eigenvalue weighted by atomic mass is 10.2. The van der Waals surface area contributed by atoms with E-state index < -0.39 is 0 Å². The Morgan fingerprint density at radius 1 is 1.36 bits per heavy atom. The number of anilines is 1. The zero-order valence-corrected chi connectivity index (χ0v) is 15.5. The van der Waals surface area contributed by atoms with E-state index >= 15 is 0 Å². The lowest BCUT2D eigenvalue weighted by Crippen LogP contribution is -2.37. The normalized spacial score (nSPS) is 17.2. The Morgan fingerprint density at radius 2 is 2.12 bits per heavy atom. The second kappa shape index (κ2) is 6.82. The zero-order valence-electron chi connectivity index (χ0n) is 15.5. The Morgan fingerprint density at radius 3 is 2.84 bits per heavy atom. The van der Waals surface area contributed by atoms with Crippen LogP contribution >= 0.6 is 0 Å². The van der Waals surface area contributed by atoms with Crippen molar-refractivity contribution in [3.8, 4) is 0 Å². The molecule has 0 saturated carbocycles. The molecule has 2 aromatic rings. The quantitative estimate of drug-likeness (QED) is 0.848. The van der Waals surface area contributed by atoms with Gasteiger partial charge < -0.3 is 14.2 Å². The second-order valence-corrected chi connectivity index (χ2v) is 6.59. The first-order chi connectivity index (χ1) is 11.9. The summed E-state index contributed by atoms with van der Waals surface area (Å²) in [5.74, 6) is 2.32. The SMILES string of the molecule is CCc1ocnc1C(=O)N1CCC(N(C)c2nc(C)nc(C)c2C)C1. The minimum atomic E-state index is -0.0479. The number of likely N-dealkylation sites (N-methyl/N-ethyl adjacent to an activating group) is 1. The van der Waals surface area contributed by atoms with Gasteiger partial charge in [-0.25, -0.2) is 15.0 Å². The van der Waals surface area contributed by atoms with Crippen molar-refractivity contribution in [1.82, 2.24) is 19.9 Å². The average molecular weight is 343 g/mol. The smallest absolute Gasteiger partial charge is 0.276 e. The molecule has 0 bridgehead atoms. The number of hydrogen-bond donors (Lipinski definition) is 0. The summed E-state index contributed by atoms with van der Waals surface area (Å²) in [6.07, 6.45) is 2.92. The van der Waals surface area contributed by atoms with Gasteiger partial charge in [0.25, 0.3) is 5.91 Å². The summed E-state index contributed by atoms with van der Waals surface area (Å²) in [6.45, 7) is 9.29. The Kier molecular flexibility index (Phi) is 4.74. The molecule has 7 nitrogen and oxygen atoms in total. The molecule has 0 radical (unpaired) electrons. The van der Waals surface area contributed by atoms with Gasteiger partial charge in [-0.05, 0) is 27.2 Å². The van der Waals surface area contributed by atoms with E-state index in [1.54, 1.807) is 0 Å². The van der Waals surface area contributed by atoms with Crippen LogP contribution in [0.25, 0.3) is 0 Å². The minimum Gasteiger partial charge on any atom is -0.448 e. The summed E-state index contributed by atoms with van der Waals surface area (Å²) in [5, 5.41) is 0. The van der Waals surface area contributed by atoms with E-state index in [0.717, 1.165) is 29.3 Å². The highest BCUT2D eigenvalue weighted by atomic mass is 16.3. The van der Waals surface area contributed by atoms with E-state index in [4.69, 9.17) is 4.42 Å². The van der Waals surface area contributed by atoms with Gasteiger partial charge in [-0.15, -0.1) is 0 Å². The standard InChI is InChI=1S/C18H25N5O2/c1-6-15-16(19-10-25-15)18(24)23-8-7-14(9-23)22(5)17-11(2)12(3)20-13(4)21-17/h10,14H,6-9H2,1-5H3. The Balaban J connectivity index is 1.76. The molecule has 0 aromatic carbocycles. The maximum absolute atomic E-state index is 12.7. The molecule has 0 aliphatic carbocycles. The van der Waals surface area contributed by atoms with E-state index in [-0.39, 0.29) is 11.9 Å². The summed E-state index contributed by atoms with van der Waals surface area (Å²) in [7, 11) is 2.04. The molecule has 0 N–H and O–H groups in total. The van der Waals surface area contributed by atoms with Gasteiger partial charge in [0.05, 0.1) is 0 Å². The highest BCUT2D eigenvalue weighted by Crippen LogP contribution is 2.25. The molecule has 1 fully saturated rings. The van der Waals surface area contributed by atoms with Gasteiger partial charge in [-0.1, -0.05) is 6.92 Å². The van der Waals surface area contributed by atoms with Gasteiger partial charge in [0.2, 0.25) is 0 Å².